The third-order valence-electron chi connectivity index (χ3n) is 2.12. The predicted molar refractivity (Wildman–Crippen MR) is 67.5 cm³/mol. The fourth-order valence-corrected chi connectivity index (χ4v) is 1.60. The number of nitrogens with two attached hydrogens (primary N) is 1. The minimum atomic E-state index is -0.604. The van der Waals surface area contributed by atoms with Crippen LogP contribution >= 0.6 is 15.9 Å². The molecule has 1 heterocycles. The first kappa shape index (κ1) is 12.3. The van der Waals surface area contributed by atoms with E-state index in [9.17, 15) is 4.39 Å². The molecule has 6 heteroatoms. The zero-order chi connectivity index (χ0) is 13.1. The molecule has 0 fully saturated rings. The standard InChI is InChI=1S/C12H7BrFN3O/c13-8-4-9(14)12(17-6-8)18-11-2-1-7(5-15)3-10(11)16/h1-4,6H,16H2. The Morgan fingerprint density at radius 2 is 2.17 bits per heavy atom. The Morgan fingerprint density at radius 1 is 1.39 bits per heavy atom. The Balaban J connectivity index is 2.32. The number of hydrogen-bond donors (Lipinski definition) is 1. The monoisotopic (exact) mass is 307 g/mol. The molecular formula is C12H7BrFN3O. The summed E-state index contributed by atoms with van der Waals surface area (Å²) in [6, 6.07) is 7.66. The molecule has 0 atom stereocenters. The number of ether oxygens (including phenoxy) is 1. The van der Waals surface area contributed by atoms with E-state index in [1.54, 1.807) is 0 Å². The van der Waals surface area contributed by atoms with Crippen molar-refractivity contribution in [3.05, 3.63) is 46.3 Å². The van der Waals surface area contributed by atoms with Gasteiger partial charge in [-0.15, -0.1) is 0 Å². The summed E-state index contributed by atoms with van der Waals surface area (Å²) in [5, 5.41) is 8.69. The van der Waals surface area contributed by atoms with Crippen molar-refractivity contribution in [2.75, 3.05) is 5.73 Å². The van der Waals surface area contributed by atoms with Gasteiger partial charge < -0.3 is 10.5 Å². The minimum Gasteiger partial charge on any atom is -0.434 e. The highest BCUT2D eigenvalue weighted by Crippen LogP contribution is 2.29. The number of hydrogen-bond acceptors (Lipinski definition) is 4. The summed E-state index contributed by atoms with van der Waals surface area (Å²) in [4.78, 5) is 3.79. The molecule has 0 aliphatic rings. The molecule has 0 saturated heterocycles. The van der Waals surface area contributed by atoms with Crippen LogP contribution in [0.15, 0.2) is 34.9 Å². The smallest absolute Gasteiger partial charge is 0.256 e. The van der Waals surface area contributed by atoms with Crippen LogP contribution in [0.3, 0.4) is 0 Å². The van der Waals surface area contributed by atoms with Crippen LogP contribution in [-0.4, -0.2) is 4.98 Å². The van der Waals surface area contributed by atoms with E-state index in [1.807, 2.05) is 6.07 Å². The molecule has 90 valence electrons. The van der Waals surface area contributed by atoms with Gasteiger partial charge >= 0.3 is 0 Å². The first-order valence-electron chi connectivity index (χ1n) is 4.88. The van der Waals surface area contributed by atoms with Crippen LogP contribution in [-0.2, 0) is 0 Å². The second kappa shape index (κ2) is 5.02. The topological polar surface area (TPSA) is 71.9 Å². The fourth-order valence-electron chi connectivity index (χ4n) is 1.29. The molecule has 18 heavy (non-hydrogen) atoms. The van der Waals surface area contributed by atoms with Crippen molar-refractivity contribution >= 4 is 21.6 Å². The Hall–Kier alpha value is -2.13. The molecule has 0 saturated carbocycles. The molecule has 0 aliphatic heterocycles. The maximum absolute atomic E-state index is 13.5. The maximum Gasteiger partial charge on any atom is 0.256 e. The van der Waals surface area contributed by atoms with Crippen LogP contribution in [0, 0.1) is 17.1 Å². The SMILES string of the molecule is N#Cc1ccc(Oc2ncc(Br)cc2F)c(N)c1. The first-order valence-corrected chi connectivity index (χ1v) is 5.68. The Morgan fingerprint density at radius 3 is 2.78 bits per heavy atom. The largest absolute Gasteiger partial charge is 0.434 e. The lowest BCUT2D eigenvalue weighted by atomic mass is 10.2. The number of nitrogens with zero attached hydrogens (tertiary/aromatic N) is 2. The normalized spacial score (nSPS) is 9.83. The van der Waals surface area contributed by atoms with Crippen molar-refractivity contribution in [2.24, 2.45) is 0 Å². The number of halogens is 2. The summed E-state index contributed by atoms with van der Waals surface area (Å²) >= 11 is 3.10. The summed E-state index contributed by atoms with van der Waals surface area (Å²) in [5.41, 5.74) is 6.34. The maximum atomic E-state index is 13.5. The van der Waals surface area contributed by atoms with E-state index in [0.29, 0.717) is 10.0 Å². The van der Waals surface area contributed by atoms with Crippen molar-refractivity contribution in [1.82, 2.24) is 4.98 Å². The number of nitriles is 1. The van der Waals surface area contributed by atoms with Crippen LogP contribution in [0.4, 0.5) is 10.1 Å². The molecule has 0 amide bonds. The van der Waals surface area contributed by atoms with Gasteiger partial charge in [0, 0.05) is 10.7 Å². The summed E-state index contributed by atoms with van der Waals surface area (Å²) in [6.45, 7) is 0. The molecule has 1 aromatic carbocycles. The molecule has 0 spiro atoms. The van der Waals surface area contributed by atoms with Crippen molar-refractivity contribution in [2.45, 2.75) is 0 Å². The summed E-state index contributed by atoms with van der Waals surface area (Å²) in [7, 11) is 0. The lowest BCUT2D eigenvalue weighted by Crippen LogP contribution is -1.96. The van der Waals surface area contributed by atoms with Gasteiger partial charge in [-0.25, -0.2) is 9.37 Å². The third kappa shape index (κ3) is 2.57. The molecule has 1 aromatic heterocycles. The second-order valence-corrected chi connectivity index (χ2v) is 4.32. The zero-order valence-corrected chi connectivity index (χ0v) is 10.6. The van der Waals surface area contributed by atoms with Gasteiger partial charge in [-0.2, -0.15) is 5.26 Å². The molecular weight excluding hydrogens is 301 g/mol. The molecule has 2 aromatic rings. The van der Waals surface area contributed by atoms with Gasteiger partial charge in [0.05, 0.1) is 17.3 Å². The van der Waals surface area contributed by atoms with Gasteiger partial charge in [0.15, 0.2) is 11.6 Å². The van der Waals surface area contributed by atoms with Gasteiger partial charge in [-0.05, 0) is 40.2 Å². The summed E-state index contributed by atoms with van der Waals surface area (Å²) in [6.07, 6.45) is 1.41. The number of anilines is 1. The minimum absolute atomic E-state index is 0.172. The van der Waals surface area contributed by atoms with Crippen molar-refractivity contribution in [1.29, 1.82) is 5.26 Å². The molecule has 0 radical (unpaired) electrons. The number of rotatable bonds is 2. The van der Waals surface area contributed by atoms with E-state index in [-0.39, 0.29) is 17.3 Å². The highest BCUT2D eigenvalue weighted by Gasteiger charge is 2.09. The highest BCUT2D eigenvalue weighted by molar-refractivity contribution is 9.10. The van der Waals surface area contributed by atoms with Gasteiger partial charge in [0.25, 0.3) is 5.88 Å². The Bertz CT molecular complexity index is 640. The number of pyridine rings is 1. The number of nitrogen functional groups attached to an aromatic ring is 1. The van der Waals surface area contributed by atoms with Crippen LogP contribution in [0.1, 0.15) is 5.56 Å². The van der Waals surface area contributed by atoms with Crippen LogP contribution < -0.4 is 10.5 Å². The van der Waals surface area contributed by atoms with E-state index < -0.39 is 5.82 Å². The Labute approximate surface area is 111 Å². The number of benzene rings is 1. The molecule has 0 bridgehead atoms. The van der Waals surface area contributed by atoms with E-state index in [0.717, 1.165) is 0 Å². The average Bonchev–Trinajstić information content (AvgIpc) is 2.34. The zero-order valence-electron chi connectivity index (χ0n) is 9.02. The van der Waals surface area contributed by atoms with Crippen LogP contribution in [0.5, 0.6) is 11.6 Å². The molecule has 2 N–H and O–H groups in total. The second-order valence-electron chi connectivity index (χ2n) is 3.41. The van der Waals surface area contributed by atoms with Gasteiger partial charge in [0.1, 0.15) is 0 Å². The highest BCUT2D eigenvalue weighted by atomic mass is 79.9. The lowest BCUT2D eigenvalue weighted by molar-refractivity contribution is 0.424. The average molecular weight is 308 g/mol. The summed E-state index contributed by atoms with van der Waals surface area (Å²) < 4.78 is 19.3. The van der Waals surface area contributed by atoms with Gasteiger partial charge in [0.2, 0.25) is 0 Å². The van der Waals surface area contributed by atoms with Crippen molar-refractivity contribution in [3.63, 3.8) is 0 Å². The lowest BCUT2D eigenvalue weighted by Gasteiger charge is -2.08. The quantitative estimate of drug-likeness (QED) is 0.865. The molecule has 0 aliphatic carbocycles. The fraction of sp³-hybridized carbons (Fsp3) is 0. The predicted octanol–water partition coefficient (Wildman–Crippen LogP) is 3.23. The van der Waals surface area contributed by atoms with E-state index in [4.69, 9.17) is 15.7 Å². The van der Waals surface area contributed by atoms with E-state index in [2.05, 4.69) is 20.9 Å². The molecule has 4 nitrogen and oxygen atoms in total. The number of aromatic nitrogens is 1. The van der Waals surface area contributed by atoms with Gasteiger partial charge in [-0.3, -0.25) is 0 Å². The molecule has 0 unspecified atom stereocenters. The van der Waals surface area contributed by atoms with Crippen LogP contribution in [0.2, 0.25) is 0 Å². The summed E-state index contributed by atoms with van der Waals surface area (Å²) in [5.74, 6) is -0.523. The van der Waals surface area contributed by atoms with Crippen molar-refractivity contribution < 1.29 is 9.13 Å². The van der Waals surface area contributed by atoms with E-state index in [1.165, 1.54) is 30.5 Å². The van der Waals surface area contributed by atoms with E-state index >= 15 is 0 Å². The van der Waals surface area contributed by atoms with Gasteiger partial charge in [-0.1, -0.05) is 0 Å². The Kier molecular flexibility index (Phi) is 3.44. The first-order chi connectivity index (χ1) is 8.60. The molecule has 2 rings (SSSR count). The third-order valence-corrected chi connectivity index (χ3v) is 2.55. The van der Waals surface area contributed by atoms with Crippen LogP contribution in [0.25, 0.3) is 0 Å². The van der Waals surface area contributed by atoms with Crippen molar-refractivity contribution in [3.8, 4) is 17.7 Å².